The minimum Gasteiger partial charge on any atom is -0.396 e. The van der Waals surface area contributed by atoms with Gasteiger partial charge in [0, 0.05) is 18.1 Å². The topological polar surface area (TPSA) is 72.2 Å². The van der Waals surface area contributed by atoms with Crippen molar-refractivity contribution in [2.45, 2.75) is 4.90 Å². The van der Waals surface area contributed by atoms with Gasteiger partial charge in [0.2, 0.25) is 10.0 Å². The van der Waals surface area contributed by atoms with Crippen molar-refractivity contribution in [1.82, 2.24) is 4.72 Å². The maximum Gasteiger partial charge on any atom is 0.242 e. The standard InChI is InChI=1S/C11H14Cl2N2O2S2/c1-2-6-18-7-5-15-19(16,17)9-4-3-8(12)11(14)10(9)13/h2-4,15H,1,5-7,14H2. The van der Waals surface area contributed by atoms with Gasteiger partial charge in [-0.25, -0.2) is 13.1 Å². The van der Waals surface area contributed by atoms with E-state index in [0.717, 1.165) is 5.75 Å². The van der Waals surface area contributed by atoms with E-state index < -0.39 is 10.0 Å². The molecule has 0 fully saturated rings. The van der Waals surface area contributed by atoms with E-state index in [9.17, 15) is 8.42 Å². The number of nitrogens with two attached hydrogens (primary N) is 1. The van der Waals surface area contributed by atoms with Gasteiger partial charge in [-0.1, -0.05) is 29.3 Å². The van der Waals surface area contributed by atoms with E-state index in [1.807, 2.05) is 0 Å². The van der Waals surface area contributed by atoms with Gasteiger partial charge in [0.1, 0.15) is 4.90 Å². The molecular weight excluding hydrogens is 327 g/mol. The number of anilines is 1. The van der Waals surface area contributed by atoms with Crippen molar-refractivity contribution in [3.05, 3.63) is 34.8 Å². The first-order valence-electron chi connectivity index (χ1n) is 5.32. The number of hydrogen-bond acceptors (Lipinski definition) is 4. The summed E-state index contributed by atoms with van der Waals surface area (Å²) in [5, 5.41) is 0.171. The van der Waals surface area contributed by atoms with E-state index in [1.165, 1.54) is 12.1 Å². The minimum absolute atomic E-state index is 0.0567. The summed E-state index contributed by atoms with van der Waals surface area (Å²) in [6, 6.07) is 2.74. The molecule has 0 saturated heterocycles. The lowest BCUT2D eigenvalue weighted by atomic mass is 10.3. The molecule has 0 amide bonds. The highest BCUT2D eigenvalue weighted by atomic mass is 35.5. The van der Waals surface area contributed by atoms with E-state index in [2.05, 4.69) is 11.3 Å². The summed E-state index contributed by atoms with van der Waals surface area (Å²) in [6.07, 6.45) is 1.76. The maximum absolute atomic E-state index is 12.0. The Morgan fingerprint density at radius 1 is 1.42 bits per heavy atom. The summed E-state index contributed by atoms with van der Waals surface area (Å²) >= 11 is 13.2. The Balaban J connectivity index is 2.78. The van der Waals surface area contributed by atoms with Gasteiger partial charge in [-0.3, -0.25) is 0 Å². The molecule has 0 aliphatic carbocycles. The van der Waals surface area contributed by atoms with Crippen LogP contribution in [0, 0.1) is 0 Å². The predicted octanol–water partition coefficient (Wildman–Crippen LogP) is 2.77. The summed E-state index contributed by atoms with van der Waals surface area (Å²) in [6.45, 7) is 3.89. The maximum atomic E-state index is 12.0. The quantitative estimate of drug-likeness (QED) is 0.454. The van der Waals surface area contributed by atoms with E-state index in [4.69, 9.17) is 28.9 Å². The fourth-order valence-electron chi connectivity index (χ4n) is 1.25. The molecule has 106 valence electrons. The second-order valence-electron chi connectivity index (χ2n) is 3.53. The molecule has 0 atom stereocenters. The van der Waals surface area contributed by atoms with Crippen LogP contribution in [0.2, 0.25) is 10.0 Å². The second kappa shape index (κ2) is 7.40. The average molecular weight is 341 g/mol. The van der Waals surface area contributed by atoms with Gasteiger partial charge in [0.15, 0.2) is 0 Å². The molecule has 0 aliphatic heterocycles. The molecule has 1 aromatic rings. The van der Waals surface area contributed by atoms with Crippen molar-refractivity contribution in [2.75, 3.05) is 23.8 Å². The Morgan fingerprint density at radius 3 is 2.74 bits per heavy atom. The highest BCUT2D eigenvalue weighted by Gasteiger charge is 2.20. The van der Waals surface area contributed by atoms with Crippen molar-refractivity contribution < 1.29 is 8.42 Å². The van der Waals surface area contributed by atoms with Gasteiger partial charge in [0.05, 0.1) is 15.7 Å². The highest BCUT2D eigenvalue weighted by Crippen LogP contribution is 2.32. The SMILES string of the molecule is C=CCSCCNS(=O)(=O)c1ccc(Cl)c(N)c1Cl. The molecule has 0 radical (unpaired) electrons. The lowest BCUT2D eigenvalue weighted by Gasteiger charge is -2.10. The molecule has 0 aliphatic rings. The third-order valence-electron chi connectivity index (χ3n) is 2.15. The molecule has 0 saturated carbocycles. The largest absolute Gasteiger partial charge is 0.396 e. The highest BCUT2D eigenvalue weighted by molar-refractivity contribution is 7.99. The van der Waals surface area contributed by atoms with E-state index in [-0.39, 0.29) is 20.6 Å². The summed E-state index contributed by atoms with van der Waals surface area (Å²) in [4.78, 5) is -0.0650. The van der Waals surface area contributed by atoms with Crippen LogP contribution in [0.5, 0.6) is 0 Å². The summed E-state index contributed by atoms with van der Waals surface area (Å²) in [5.41, 5.74) is 5.66. The summed E-state index contributed by atoms with van der Waals surface area (Å²) < 4.78 is 26.5. The Hall–Kier alpha value is -0.400. The zero-order valence-corrected chi connectivity index (χ0v) is 13.2. The van der Waals surface area contributed by atoms with Gasteiger partial charge in [-0.05, 0) is 12.1 Å². The third-order valence-corrected chi connectivity index (χ3v) is 5.47. The summed E-state index contributed by atoms with van der Waals surface area (Å²) in [5.74, 6) is 1.42. The van der Waals surface area contributed by atoms with Crippen molar-refractivity contribution >= 4 is 50.7 Å². The molecule has 0 spiro atoms. The van der Waals surface area contributed by atoms with Gasteiger partial charge >= 0.3 is 0 Å². The normalized spacial score (nSPS) is 11.5. The van der Waals surface area contributed by atoms with Gasteiger partial charge < -0.3 is 5.73 Å². The van der Waals surface area contributed by atoms with Gasteiger partial charge in [-0.15, -0.1) is 6.58 Å². The number of nitrogens with one attached hydrogen (secondary N) is 1. The van der Waals surface area contributed by atoms with E-state index in [0.29, 0.717) is 12.3 Å². The van der Waals surface area contributed by atoms with Crippen LogP contribution in [0.1, 0.15) is 0 Å². The molecule has 0 aromatic heterocycles. The predicted molar refractivity (Wildman–Crippen MR) is 83.6 cm³/mol. The van der Waals surface area contributed by atoms with Crippen molar-refractivity contribution in [3.63, 3.8) is 0 Å². The van der Waals surface area contributed by atoms with Crippen LogP contribution in [-0.4, -0.2) is 26.5 Å². The minimum atomic E-state index is -3.68. The molecule has 0 unspecified atom stereocenters. The molecule has 1 rings (SSSR count). The Morgan fingerprint density at radius 2 is 2.11 bits per heavy atom. The Kier molecular flexibility index (Phi) is 6.49. The van der Waals surface area contributed by atoms with Crippen molar-refractivity contribution in [1.29, 1.82) is 0 Å². The molecule has 4 nitrogen and oxygen atoms in total. The second-order valence-corrected chi connectivity index (χ2v) is 7.20. The first-order chi connectivity index (χ1) is 8.90. The Labute approximate surface area is 127 Å². The number of hydrogen-bond donors (Lipinski definition) is 2. The number of thioether (sulfide) groups is 1. The van der Waals surface area contributed by atoms with E-state index >= 15 is 0 Å². The van der Waals surface area contributed by atoms with Crippen LogP contribution < -0.4 is 10.5 Å². The van der Waals surface area contributed by atoms with Crippen molar-refractivity contribution in [2.24, 2.45) is 0 Å². The number of halogens is 2. The Bertz CT molecular complexity index is 562. The van der Waals surface area contributed by atoms with Crippen molar-refractivity contribution in [3.8, 4) is 0 Å². The van der Waals surface area contributed by atoms with Crippen LogP contribution in [-0.2, 0) is 10.0 Å². The fraction of sp³-hybridized carbons (Fsp3) is 0.273. The zero-order valence-electron chi connectivity index (χ0n) is 10.0. The molecule has 0 heterocycles. The van der Waals surface area contributed by atoms with Gasteiger partial charge in [-0.2, -0.15) is 11.8 Å². The van der Waals surface area contributed by atoms with Crippen LogP contribution in [0.3, 0.4) is 0 Å². The van der Waals surface area contributed by atoms with Crippen LogP contribution in [0.4, 0.5) is 5.69 Å². The first-order valence-corrected chi connectivity index (χ1v) is 8.71. The fourth-order valence-corrected chi connectivity index (χ4v) is 3.75. The monoisotopic (exact) mass is 340 g/mol. The molecule has 3 N–H and O–H groups in total. The van der Waals surface area contributed by atoms with Crippen LogP contribution >= 0.6 is 35.0 Å². The number of benzene rings is 1. The molecule has 1 aromatic carbocycles. The zero-order chi connectivity index (χ0) is 14.5. The van der Waals surface area contributed by atoms with Gasteiger partial charge in [0.25, 0.3) is 0 Å². The lowest BCUT2D eigenvalue weighted by molar-refractivity contribution is 0.584. The molecular formula is C11H14Cl2N2O2S2. The number of nitrogen functional groups attached to an aromatic ring is 1. The smallest absolute Gasteiger partial charge is 0.242 e. The molecule has 19 heavy (non-hydrogen) atoms. The van der Waals surface area contributed by atoms with E-state index in [1.54, 1.807) is 17.8 Å². The number of sulfonamides is 1. The average Bonchev–Trinajstić information content (AvgIpc) is 2.35. The van der Waals surface area contributed by atoms with Crippen LogP contribution in [0.25, 0.3) is 0 Å². The van der Waals surface area contributed by atoms with Crippen LogP contribution in [0.15, 0.2) is 29.7 Å². The first kappa shape index (κ1) is 16.7. The molecule has 8 heteroatoms. The summed E-state index contributed by atoms with van der Waals surface area (Å²) in [7, 11) is -3.68. The number of rotatable bonds is 7. The lowest BCUT2D eigenvalue weighted by Crippen LogP contribution is -2.26. The molecule has 0 bridgehead atoms. The third kappa shape index (κ3) is 4.57.